The van der Waals surface area contributed by atoms with E-state index in [4.69, 9.17) is 14.4 Å². The molecule has 5 heterocycles. The number of pyridine rings is 2. The maximum Gasteiger partial charge on any atom is 0.136 e. The predicted molar refractivity (Wildman–Crippen MR) is 233 cm³/mol. The van der Waals surface area contributed by atoms with Crippen molar-refractivity contribution in [3.63, 3.8) is 0 Å². The predicted octanol–water partition coefficient (Wildman–Crippen LogP) is 12.8. The molecular formula is C51H36N5OPt-3. The van der Waals surface area contributed by atoms with Gasteiger partial charge in [-0.3, -0.25) is 0 Å². The van der Waals surface area contributed by atoms with E-state index < -0.39 is 0 Å². The van der Waals surface area contributed by atoms with Crippen LogP contribution in [0.15, 0.2) is 169 Å². The Morgan fingerprint density at radius 2 is 1.29 bits per heavy atom. The van der Waals surface area contributed by atoms with Gasteiger partial charge in [-0.2, -0.15) is 12.1 Å². The molecule has 0 aliphatic carbocycles. The number of fused-ring (bicyclic) bond motifs is 20. The van der Waals surface area contributed by atoms with Crippen molar-refractivity contribution in [2.75, 3.05) is 0 Å². The molecule has 0 radical (unpaired) electrons. The van der Waals surface area contributed by atoms with Crippen LogP contribution in [-0.4, -0.2) is 23.5 Å². The zero-order valence-corrected chi connectivity index (χ0v) is 34.3. The summed E-state index contributed by atoms with van der Waals surface area (Å²) in [5.41, 5.74) is 11.7. The average molecular weight is 930 g/mol. The fraction of sp³-hybridized carbons (Fsp3) is 0.0784. The van der Waals surface area contributed by atoms with E-state index >= 15 is 0 Å². The van der Waals surface area contributed by atoms with Gasteiger partial charge in [0.25, 0.3) is 0 Å². The molecule has 0 saturated heterocycles. The molecule has 7 heteroatoms. The summed E-state index contributed by atoms with van der Waals surface area (Å²) in [4.78, 5) is 10.4. The van der Waals surface area contributed by atoms with E-state index in [0.717, 1.165) is 77.1 Å². The molecule has 11 rings (SSSR count). The topological polar surface area (TPSA) is 53.2 Å². The zero-order valence-electron chi connectivity index (χ0n) is 32.0. The molecule has 58 heavy (non-hydrogen) atoms. The number of para-hydroxylation sites is 4. The molecule has 0 fully saturated rings. The molecule has 0 atom stereocenters. The molecule has 0 spiro atoms. The van der Waals surface area contributed by atoms with Crippen LogP contribution in [-0.2, 0) is 26.5 Å². The van der Waals surface area contributed by atoms with Crippen LogP contribution in [0.1, 0.15) is 26.3 Å². The Balaban J connectivity index is 0.00000408. The Morgan fingerprint density at radius 1 is 0.603 bits per heavy atom. The van der Waals surface area contributed by atoms with Crippen LogP contribution >= 0.6 is 0 Å². The molecule has 0 N–H and O–H groups in total. The third kappa shape index (κ3) is 5.78. The Bertz CT molecular complexity index is 3460. The third-order valence-corrected chi connectivity index (χ3v) is 11.1. The second-order valence-electron chi connectivity index (χ2n) is 15.6. The number of rotatable bonds is 1. The van der Waals surface area contributed by atoms with Crippen LogP contribution in [0, 0.1) is 12.1 Å². The van der Waals surface area contributed by atoms with Crippen molar-refractivity contribution in [1.29, 1.82) is 0 Å². The molecule has 0 saturated carbocycles. The van der Waals surface area contributed by atoms with Crippen molar-refractivity contribution >= 4 is 71.5 Å². The smallest absolute Gasteiger partial charge is 0.136 e. The number of benzene rings is 6. The van der Waals surface area contributed by atoms with Crippen LogP contribution in [0.5, 0.6) is 0 Å². The van der Waals surface area contributed by atoms with Gasteiger partial charge in [0.15, 0.2) is 0 Å². The van der Waals surface area contributed by atoms with Crippen molar-refractivity contribution in [1.82, 2.24) is 23.5 Å². The molecule has 6 nitrogen and oxygen atoms in total. The maximum atomic E-state index is 6.59. The van der Waals surface area contributed by atoms with Crippen LogP contribution in [0.3, 0.4) is 0 Å². The number of hydrogen-bond donors (Lipinski definition) is 0. The molecule has 10 aromatic rings. The molecular weight excluding hydrogens is 894 g/mol. The minimum atomic E-state index is -0.167. The number of imidazole rings is 1. The second kappa shape index (κ2) is 13.8. The first-order valence-corrected chi connectivity index (χ1v) is 19.2. The van der Waals surface area contributed by atoms with E-state index in [0.29, 0.717) is 16.8 Å². The number of nitrogens with zero attached hydrogens (tertiary/aromatic N) is 5. The van der Waals surface area contributed by atoms with Crippen molar-refractivity contribution in [3.05, 3.63) is 182 Å². The van der Waals surface area contributed by atoms with Crippen molar-refractivity contribution in [2.24, 2.45) is 0 Å². The minimum Gasteiger partial charge on any atom is -0.522 e. The first kappa shape index (κ1) is 35.8. The number of hydrogen-bond acceptors (Lipinski definition) is 3. The Labute approximate surface area is 349 Å². The van der Waals surface area contributed by atoms with Crippen molar-refractivity contribution in [3.8, 4) is 22.5 Å². The summed E-state index contributed by atoms with van der Waals surface area (Å²) in [7, 11) is 0. The van der Waals surface area contributed by atoms with E-state index in [1.165, 1.54) is 5.56 Å². The van der Waals surface area contributed by atoms with E-state index in [9.17, 15) is 0 Å². The maximum absolute atomic E-state index is 6.59. The average Bonchev–Trinajstić information content (AvgIpc) is 3.79. The van der Waals surface area contributed by atoms with Gasteiger partial charge < -0.3 is 22.9 Å². The molecule has 284 valence electrons. The Hall–Kier alpha value is -6.62. The van der Waals surface area contributed by atoms with Crippen molar-refractivity contribution < 1.29 is 25.5 Å². The van der Waals surface area contributed by atoms with Crippen LogP contribution in [0.4, 0.5) is 0 Å². The van der Waals surface area contributed by atoms with Gasteiger partial charge in [0.2, 0.25) is 0 Å². The molecule has 1 aliphatic heterocycles. The summed E-state index contributed by atoms with van der Waals surface area (Å²) < 4.78 is 13.2. The molecule has 0 amide bonds. The van der Waals surface area contributed by atoms with Gasteiger partial charge in [-0.1, -0.05) is 148 Å². The summed E-state index contributed by atoms with van der Waals surface area (Å²) in [5, 5.41) is 5.39. The van der Waals surface area contributed by atoms with Gasteiger partial charge in [-0.25, -0.2) is 11.1 Å². The van der Waals surface area contributed by atoms with E-state index in [1.807, 2.05) is 12.1 Å². The molecule has 4 aromatic heterocycles. The Kier molecular flexibility index (Phi) is 8.50. The first-order valence-electron chi connectivity index (χ1n) is 19.2. The van der Waals surface area contributed by atoms with Crippen molar-refractivity contribution in [2.45, 2.75) is 26.2 Å². The van der Waals surface area contributed by atoms with E-state index in [-0.39, 0.29) is 26.5 Å². The van der Waals surface area contributed by atoms with Crippen LogP contribution in [0.25, 0.3) is 94.0 Å². The van der Waals surface area contributed by atoms with Crippen LogP contribution < -0.4 is 0 Å². The Morgan fingerprint density at radius 3 is 2.10 bits per heavy atom. The molecule has 0 unspecified atom stereocenters. The summed E-state index contributed by atoms with van der Waals surface area (Å²) in [6.45, 7) is 6.78. The number of aromatic nitrogens is 5. The van der Waals surface area contributed by atoms with Gasteiger partial charge in [-0.15, -0.1) is 17.5 Å². The van der Waals surface area contributed by atoms with Gasteiger partial charge in [0.05, 0.1) is 5.52 Å². The van der Waals surface area contributed by atoms with Gasteiger partial charge in [0, 0.05) is 43.9 Å². The SMILES string of the molecule is CC(C)(C)c1cc2nc(c1)n1c3[c-]c(ccc3c3ccccc31)oc1[c-]c(ncc1)n1[cH-]n(c3c(-c4ccccc4)cccc3c3ccccc23)-c2ccccc2-1.[Pt]. The summed E-state index contributed by atoms with van der Waals surface area (Å²) in [6, 6.07) is 60.4. The van der Waals surface area contributed by atoms with E-state index in [1.54, 1.807) is 6.20 Å². The normalized spacial score (nSPS) is 11.9. The van der Waals surface area contributed by atoms with E-state index in [2.05, 4.69) is 192 Å². The van der Waals surface area contributed by atoms with Crippen LogP contribution in [0.2, 0.25) is 0 Å². The monoisotopic (exact) mass is 929 g/mol. The fourth-order valence-electron chi connectivity index (χ4n) is 8.30. The zero-order chi connectivity index (χ0) is 38.3. The molecule has 6 aromatic carbocycles. The summed E-state index contributed by atoms with van der Waals surface area (Å²) in [5.74, 6) is 0. The third-order valence-electron chi connectivity index (χ3n) is 11.1. The van der Waals surface area contributed by atoms with Gasteiger partial charge >= 0.3 is 0 Å². The largest absolute Gasteiger partial charge is 0.522 e. The fourth-order valence-corrected chi connectivity index (χ4v) is 8.30. The molecule has 8 bridgehead atoms. The summed E-state index contributed by atoms with van der Waals surface area (Å²) >= 11 is 0. The van der Waals surface area contributed by atoms with Gasteiger partial charge in [0.1, 0.15) is 5.65 Å². The standard InChI is InChI=1S/C51H36N5O.Pt/c1-51(2,3)34-28-43-39-17-8-7-16-38(39)42-20-13-19-37(33-14-5-4-6-15-33)50(42)55-32-54(45-22-11-12-23-46(45)55)48-31-36(26-27-52-48)57-35-24-25-41-40-18-9-10-21-44(40)56(47(41)30-35)49(29-34)53-43;/h4-29,32H,1-3H3;/q-3;. The quantitative estimate of drug-likeness (QED) is 0.154. The molecule has 1 aliphatic rings. The first-order chi connectivity index (χ1) is 27.9. The summed E-state index contributed by atoms with van der Waals surface area (Å²) in [6.07, 6.45) is 3.90. The minimum absolute atomic E-state index is 0. The van der Waals surface area contributed by atoms with Gasteiger partial charge in [-0.05, 0) is 84.6 Å². The second-order valence-corrected chi connectivity index (χ2v) is 15.6.